The first-order chi connectivity index (χ1) is 7.15. The van der Waals surface area contributed by atoms with Crippen LogP contribution in [0.3, 0.4) is 0 Å². The summed E-state index contributed by atoms with van der Waals surface area (Å²) in [5, 5.41) is 0.635. The predicted octanol–water partition coefficient (Wildman–Crippen LogP) is 0.144. The molecule has 1 saturated heterocycles. The van der Waals surface area contributed by atoms with Crippen molar-refractivity contribution in [1.29, 1.82) is 0 Å². The SMILES string of the molecule is CCOC(=O)/C=C/ON1C(=O)CCC1=O. The van der Waals surface area contributed by atoms with Crippen LogP contribution >= 0.6 is 0 Å². The van der Waals surface area contributed by atoms with E-state index in [1.807, 2.05) is 0 Å². The molecule has 82 valence electrons. The van der Waals surface area contributed by atoms with Crippen LogP contribution in [0.25, 0.3) is 0 Å². The minimum Gasteiger partial charge on any atom is -0.463 e. The number of rotatable bonds is 4. The van der Waals surface area contributed by atoms with Crippen LogP contribution in [0.4, 0.5) is 0 Å². The fourth-order valence-corrected chi connectivity index (χ4v) is 1.01. The standard InChI is InChI=1S/C9H11NO5/c1-2-14-9(13)5-6-15-10-7(11)3-4-8(10)12/h5-6H,2-4H2,1H3/b6-5+. The van der Waals surface area contributed by atoms with Crippen LogP contribution in [-0.4, -0.2) is 29.5 Å². The normalized spacial score (nSPS) is 16.2. The molecule has 6 nitrogen and oxygen atoms in total. The number of amides is 2. The van der Waals surface area contributed by atoms with Gasteiger partial charge in [-0.3, -0.25) is 9.59 Å². The van der Waals surface area contributed by atoms with Crippen molar-refractivity contribution in [2.24, 2.45) is 0 Å². The molecule has 0 atom stereocenters. The van der Waals surface area contributed by atoms with Crippen LogP contribution in [0.5, 0.6) is 0 Å². The summed E-state index contributed by atoms with van der Waals surface area (Å²) >= 11 is 0. The average Bonchev–Trinajstić information content (AvgIpc) is 2.49. The Morgan fingerprint density at radius 3 is 2.53 bits per heavy atom. The Morgan fingerprint density at radius 1 is 1.40 bits per heavy atom. The van der Waals surface area contributed by atoms with Gasteiger partial charge in [0.15, 0.2) is 0 Å². The lowest BCUT2D eigenvalue weighted by molar-refractivity contribution is -0.173. The quantitative estimate of drug-likeness (QED) is 0.287. The number of hydrogen-bond donors (Lipinski definition) is 0. The fraction of sp³-hybridized carbons (Fsp3) is 0.444. The van der Waals surface area contributed by atoms with Gasteiger partial charge in [0.2, 0.25) is 0 Å². The van der Waals surface area contributed by atoms with Gasteiger partial charge in [0.05, 0.1) is 12.7 Å². The molecule has 1 rings (SSSR count). The van der Waals surface area contributed by atoms with E-state index in [2.05, 4.69) is 4.74 Å². The number of hydroxylamine groups is 2. The van der Waals surface area contributed by atoms with Gasteiger partial charge in [-0.25, -0.2) is 4.79 Å². The van der Waals surface area contributed by atoms with E-state index in [4.69, 9.17) is 4.84 Å². The van der Waals surface area contributed by atoms with E-state index in [1.54, 1.807) is 6.92 Å². The summed E-state index contributed by atoms with van der Waals surface area (Å²) in [4.78, 5) is 37.5. The summed E-state index contributed by atoms with van der Waals surface area (Å²) < 4.78 is 4.57. The maximum Gasteiger partial charge on any atom is 0.333 e. The minimum atomic E-state index is -0.586. The van der Waals surface area contributed by atoms with Crippen LogP contribution in [0.15, 0.2) is 12.3 Å². The zero-order chi connectivity index (χ0) is 11.3. The Morgan fingerprint density at radius 2 is 2.00 bits per heavy atom. The fourth-order valence-electron chi connectivity index (χ4n) is 1.01. The van der Waals surface area contributed by atoms with Crippen molar-refractivity contribution in [3.63, 3.8) is 0 Å². The third-order valence-electron chi connectivity index (χ3n) is 1.66. The molecule has 0 aromatic carbocycles. The van der Waals surface area contributed by atoms with Gasteiger partial charge >= 0.3 is 5.97 Å². The predicted molar refractivity (Wildman–Crippen MR) is 47.9 cm³/mol. The monoisotopic (exact) mass is 213 g/mol. The van der Waals surface area contributed by atoms with Crippen LogP contribution in [0.1, 0.15) is 19.8 Å². The number of hydrogen-bond acceptors (Lipinski definition) is 5. The van der Waals surface area contributed by atoms with E-state index < -0.39 is 17.8 Å². The first-order valence-corrected chi connectivity index (χ1v) is 4.51. The Kier molecular flexibility index (Phi) is 3.84. The number of ether oxygens (including phenoxy) is 1. The topological polar surface area (TPSA) is 72.9 Å². The van der Waals surface area contributed by atoms with Crippen molar-refractivity contribution in [2.75, 3.05) is 6.61 Å². The van der Waals surface area contributed by atoms with E-state index in [0.29, 0.717) is 5.06 Å². The summed E-state index contributed by atoms with van der Waals surface area (Å²) in [5.41, 5.74) is 0. The minimum absolute atomic E-state index is 0.145. The average molecular weight is 213 g/mol. The van der Waals surface area contributed by atoms with Gasteiger partial charge in [-0.2, -0.15) is 0 Å². The largest absolute Gasteiger partial charge is 0.463 e. The van der Waals surface area contributed by atoms with E-state index in [1.165, 1.54) is 0 Å². The van der Waals surface area contributed by atoms with Crippen molar-refractivity contribution in [3.8, 4) is 0 Å². The summed E-state index contributed by atoms with van der Waals surface area (Å²) in [5.74, 6) is -1.40. The molecule has 0 bridgehead atoms. The highest BCUT2D eigenvalue weighted by atomic mass is 16.7. The molecule has 0 aliphatic carbocycles. The summed E-state index contributed by atoms with van der Waals surface area (Å²) in [6, 6.07) is 0. The first kappa shape index (κ1) is 11.2. The maximum absolute atomic E-state index is 11.0. The molecular weight excluding hydrogens is 202 g/mol. The maximum atomic E-state index is 11.0. The molecule has 0 unspecified atom stereocenters. The molecule has 0 saturated carbocycles. The second kappa shape index (κ2) is 5.14. The van der Waals surface area contributed by atoms with Crippen LogP contribution < -0.4 is 0 Å². The zero-order valence-electron chi connectivity index (χ0n) is 8.26. The highest BCUT2D eigenvalue weighted by molar-refractivity contribution is 6.00. The third-order valence-corrected chi connectivity index (χ3v) is 1.66. The summed E-state index contributed by atoms with van der Waals surface area (Å²) in [7, 11) is 0. The summed E-state index contributed by atoms with van der Waals surface area (Å²) in [6.07, 6.45) is 2.25. The molecule has 15 heavy (non-hydrogen) atoms. The van der Waals surface area contributed by atoms with E-state index >= 15 is 0 Å². The molecule has 1 aliphatic heterocycles. The molecule has 0 aromatic rings. The molecule has 0 radical (unpaired) electrons. The molecule has 1 fully saturated rings. The number of carbonyl (C=O) groups excluding carboxylic acids is 3. The van der Waals surface area contributed by atoms with Gasteiger partial charge in [0.1, 0.15) is 6.26 Å². The highest BCUT2D eigenvalue weighted by Crippen LogP contribution is 2.11. The smallest absolute Gasteiger partial charge is 0.333 e. The molecule has 0 spiro atoms. The Balaban J connectivity index is 2.39. The third kappa shape index (κ3) is 3.08. The van der Waals surface area contributed by atoms with Gasteiger partial charge < -0.3 is 9.57 Å². The lowest BCUT2D eigenvalue weighted by Gasteiger charge is -2.09. The molecular formula is C9H11NO5. The molecule has 0 N–H and O–H groups in total. The van der Waals surface area contributed by atoms with Crippen molar-refractivity contribution in [1.82, 2.24) is 5.06 Å². The van der Waals surface area contributed by atoms with Crippen molar-refractivity contribution in [3.05, 3.63) is 12.3 Å². The molecule has 1 heterocycles. The molecule has 2 amide bonds. The van der Waals surface area contributed by atoms with Gasteiger partial charge in [0, 0.05) is 12.8 Å². The van der Waals surface area contributed by atoms with Crippen LogP contribution in [0.2, 0.25) is 0 Å². The van der Waals surface area contributed by atoms with Gasteiger partial charge in [-0.1, -0.05) is 0 Å². The summed E-state index contributed by atoms with van der Waals surface area (Å²) in [6.45, 7) is 1.92. The van der Waals surface area contributed by atoms with Crippen LogP contribution in [-0.2, 0) is 24.0 Å². The molecule has 0 aromatic heterocycles. The number of imide groups is 1. The molecule has 6 heteroatoms. The van der Waals surface area contributed by atoms with Crippen LogP contribution in [0, 0.1) is 0 Å². The van der Waals surface area contributed by atoms with Crippen molar-refractivity contribution >= 4 is 17.8 Å². The van der Waals surface area contributed by atoms with E-state index in [0.717, 1.165) is 12.3 Å². The second-order valence-corrected chi connectivity index (χ2v) is 2.74. The Hall–Kier alpha value is -1.85. The Bertz CT molecular complexity index is 294. The highest BCUT2D eigenvalue weighted by Gasteiger charge is 2.30. The molecule has 1 aliphatic rings. The van der Waals surface area contributed by atoms with Crippen molar-refractivity contribution in [2.45, 2.75) is 19.8 Å². The number of carbonyl (C=O) groups is 3. The number of nitrogens with zero attached hydrogens (tertiary/aromatic N) is 1. The lowest BCUT2D eigenvalue weighted by Crippen LogP contribution is -2.27. The zero-order valence-corrected chi connectivity index (χ0v) is 8.26. The van der Waals surface area contributed by atoms with Gasteiger partial charge in [0.25, 0.3) is 11.8 Å². The van der Waals surface area contributed by atoms with Gasteiger partial charge in [-0.15, -0.1) is 5.06 Å². The first-order valence-electron chi connectivity index (χ1n) is 4.51. The van der Waals surface area contributed by atoms with Crippen molar-refractivity contribution < 1.29 is 24.0 Å². The lowest BCUT2D eigenvalue weighted by atomic mass is 10.4. The Labute approximate surface area is 86.4 Å². The van der Waals surface area contributed by atoms with E-state index in [9.17, 15) is 14.4 Å². The second-order valence-electron chi connectivity index (χ2n) is 2.74. The van der Waals surface area contributed by atoms with Gasteiger partial charge in [-0.05, 0) is 6.92 Å². The number of esters is 1. The van der Waals surface area contributed by atoms with E-state index in [-0.39, 0.29) is 19.4 Å².